The molecular weight excluding hydrogens is 372 g/mol. The number of esters is 1. The summed E-state index contributed by atoms with van der Waals surface area (Å²) in [5, 5.41) is 6.45. The van der Waals surface area contributed by atoms with Crippen molar-refractivity contribution >= 4 is 48.8 Å². The van der Waals surface area contributed by atoms with Crippen LogP contribution in [0.25, 0.3) is 20.2 Å². The topological polar surface area (TPSA) is 26.3 Å². The summed E-state index contributed by atoms with van der Waals surface area (Å²) in [4.78, 5) is 13.2. The molecule has 0 N–H and O–H groups in total. The lowest BCUT2D eigenvalue weighted by molar-refractivity contribution is 0.0736. The van der Waals surface area contributed by atoms with Gasteiger partial charge in [0, 0.05) is 5.39 Å². The van der Waals surface area contributed by atoms with Crippen LogP contribution in [0.3, 0.4) is 0 Å². The SMILES string of the molecule is CCCCCCc1c(C(=O)Oc2ccccc2)c2ccsc2c2sccc12. The van der Waals surface area contributed by atoms with Crippen LogP contribution in [0, 0.1) is 0 Å². The number of aryl methyl sites for hydroxylation is 1. The third-order valence-electron chi connectivity index (χ3n) is 4.87. The first-order chi connectivity index (χ1) is 13.3. The smallest absolute Gasteiger partial charge is 0.344 e. The zero-order chi connectivity index (χ0) is 18.6. The second-order valence-electron chi connectivity index (χ2n) is 6.69. The van der Waals surface area contributed by atoms with E-state index < -0.39 is 0 Å². The van der Waals surface area contributed by atoms with Crippen LogP contribution in [0.15, 0.2) is 53.2 Å². The van der Waals surface area contributed by atoms with E-state index in [1.165, 1.54) is 34.0 Å². The molecule has 4 rings (SSSR count). The van der Waals surface area contributed by atoms with Crippen LogP contribution in [-0.4, -0.2) is 5.97 Å². The van der Waals surface area contributed by atoms with E-state index in [0.29, 0.717) is 5.75 Å². The van der Waals surface area contributed by atoms with E-state index in [9.17, 15) is 4.79 Å². The Balaban J connectivity index is 1.80. The fraction of sp³-hybridized carbons (Fsp3) is 0.261. The van der Waals surface area contributed by atoms with Crippen molar-refractivity contribution in [2.24, 2.45) is 0 Å². The van der Waals surface area contributed by atoms with Crippen LogP contribution in [-0.2, 0) is 6.42 Å². The van der Waals surface area contributed by atoms with Crippen molar-refractivity contribution in [1.29, 1.82) is 0 Å². The third-order valence-corrected chi connectivity index (χ3v) is 6.86. The molecule has 0 bridgehead atoms. The Bertz CT molecular complexity index is 1060. The second-order valence-corrected chi connectivity index (χ2v) is 8.53. The van der Waals surface area contributed by atoms with Crippen molar-refractivity contribution < 1.29 is 9.53 Å². The first-order valence-corrected chi connectivity index (χ1v) is 11.2. The molecule has 4 heteroatoms. The second kappa shape index (κ2) is 8.24. The van der Waals surface area contributed by atoms with Gasteiger partial charge in [0.05, 0.1) is 15.0 Å². The van der Waals surface area contributed by atoms with E-state index in [1.54, 1.807) is 22.7 Å². The minimum absolute atomic E-state index is 0.247. The summed E-state index contributed by atoms with van der Waals surface area (Å²) in [6.45, 7) is 2.22. The highest BCUT2D eigenvalue weighted by atomic mass is 32.1. The largest absolute Gasteiger partial charge is 0.423 e. The molecule has 0 saturated carbocycles. The van der Waals surface area contributed by atoms with Gasteiger partial charge in [0.2, 0.25) is 0 Å². The van der Waals surface area contributed by atoms with Crippen molar-refractivity contribution in [2.75, 3.05) is 0 Å². The minimum atomic E-state index is -0.247. The lowest BCUT2D eigenvalue weighted by Gasteiger charge is -2.13. The number of para-hydroxylation sites is 1. The van der Waals surface area contributed by atoms with Crippen LogP contribution in [0.2, 0.25) is 0 Å². The molecule has 0 saturated heterocycles. The van der Waals surface area contributed by atoms with Gasteiger partial charge in [-0.15, -0.1) is 22.7 Å². The first-order valence-electron chi connectivity index (χ1n) is 9.46. The predicted molar refractivity (Wildman–Crippen MR) is 116 cm³/mol. The summed E-state index contributed by atoms with van der Waals surface area (Å²) in [6.07, 6.45) is 5.65. The third kappa shape index (κ3) is 3.64. The normalized spacial score (nSPS) is 11.3. The number of ether oxygens (including phenoxy) is 1. The molecule has 138 valence electrons. The Morgan fingerprint density at radius 1 is 0.889 bits per heavy atom. The number of hydrogen-bond acceptors (Lipinski definition) is 4. The summed E-state index contributed by atoms with van der Waals surface area (Å²) in [5.41, 5.74) is 1.90. The Hall–Kier alpha value is -2.17. The molecular formula is C23H22O2S2. The molecule has 2 heterocycles. The molecule has 0 aliphatic carbocycles. The summed E-state index contributed by atoms with van der Waals surface area (Å²) >= 11 is 3.46. The Kier molecular flexibility index (Phi) is 5.55. The number of benzene rings is 2. The van der Waals surface area contributed by atoms with E-state index in [4.69, 9.17) is 4.74 Å². The standard InChI is InChI=1S/C23H22O2S2/c1-2-3-4-8-11-17-18-12-14-26-21(18)22-19(13-15-27-22)20(17)23(24)25-16-9-6-5-7-10-16/h5-7,9-10,12-15H,2-4,8,11H2,1H3. The van der Waals surface area contributed by atoms with Gasteiger partial charge < -0.3 is 4.74 Å². The lowest BCUT2D eigenvalue weighted by Crippen LogP contribution is -2.12. The van der Waals surface area contributed by atoms with Crippen LogP contribution >= 0.6 is 22.7 Å². The lowest BCUT2D eigenvalue weighted by atomic mass is 9.95. The van der Waals surface area contributed by atoms with Crippen molar-refractivity contribution in [3.63, 3.8) is 0 Å². The van der Waals surface area contributed by atoms with Gasteiger partial charge in [-0.3, -0.25) is 0 Å². The quantitative estimate of drug-likeness (QED) is 0.185. The van der Waals surface area contributed by atoms with E-state index in [2.05, 4.69) is 29.8 Å². The molecule has 2 aromatic carbocycles. The van der Waals surface area contributed by atoms with Gasteiger partial charge in [-0.1, -0.05) is 44.4 Å². The average Bonchev–Trinajstić information content (AvgIpc) is 3.34. The number of rotatable bonds is 7. The molecule has 2 aromatic heterocycles. The maximum Gasteiger partial charge on any atom is 0.344 e. The zero-order valence-electron chi connectivity index (χ0n) is 15.4. The maximum atomic E-state index is 13.2. The molecule has 27 heavy (non-hydrogen) atoms. The summed E-state index contributed by atoms with van der Waals surface area (Å²) in [5.74, 6) is 0.344. The highest BCUT2D eigenvalue weighted by Crippen LogP contribution is 2.40. The Labute approximate surface area is 167 Å². The average molecular weight is 395 g/mol. The molecule has 0 amide bonds. The summed E-state index contributed by atoms with van der Waals surface area (Å²) < 4.78 is 8.23. The molecule has 0 aliphatic rings. The minimum Gasteiger partial charge on any atom is -0.423 e. The fourth-order valence-electron chi connectivity index (χ4n) is 3.57. The number of fused-ring (bicyclic) bond motifs is 3. The van der Waals surface area contributed by atoms with Gasteiger partial charge >= 0.3 is 5.97 Å². The van der Waals surface area contributed by atoms with Crippen molar-refractivity contribution in [2.45, 2.75) is 39.0 Å². The summed E-state index contributed by atoms with van der Waals surface area (Å²) in [7, 11) is 0. The zero-order valence-corrected chi connectivity index (χ0v) is 17.0. The number of carbonyl (C=O) groups excluding carboxylic acids is 1. The molecule has 2 nitrogen and oxygen atoms in total. The number of carbonyl (C=O) groups is 1. The van der Waals surface area contributed by atoms with Gasteiger partial charge in [-0.2, -0.15) is 0 Å². The molecule has 0 unspecified atom stereocenters. The monoisotopic (exact) mass is 394 g/mol. The van der Waals surface area contributed by atoms with Crippen LogP contribution < -0.4 is 4.74 Å². The van der Waals surface area contributed by atoms with Crippen molar-refractivity contribution in [1.82, 2.24) is 0 Å². The first kappa shape index (κ1) is 18.2. The fourth-order valence-corrected chi connectivity index (χ4v) is 5.59. The van der Waals surface area contributed by atoms with Crippen LogP contribution in [0.5, 0.6) is 5.75 Å². The maximum absolute atomic E-state index is 13.2. The van der Waals surface area contributed by atoms with Gasteiger partial charge in [-0.25, -0.2) is 4.79 Å². The van der Waals surface area contributed by atoms with Gasteiger partial charge in [-0.05, 0) is 58.8 Å². The Morgan fingerprint density at radius 2 is 1.59 bits per heavy atom. The molecule has 0 atom stereocenters. The van der Waals surface area contributed by atoms with E-state index in [-0.39, 0.29) is 5.97 Å². The number of unbranched alkanes of at least 4 members (excludes halogenated alkanes) is 3. The predicted octanol–water partition coefficient (Wildman–Crippen LogP) is 7.46. The molecule has 0 radical (unpaired) electrons. The van der Waals surface area contributed by atoms with E-state index >= 15 is 0 Å². The van der Waals surface area contributed by atoms with Gasteiger partial charge in [0.1, 0.15) is 5.75 Å². The highest BCUT2D eigenvalue weighted by Gasteiger charge is 2.22. The summed E-state index contributed by atoms with van der Waals surface area (Å²) in [6, 6.07) is 13.6. The molecule has 0 fully saturated rings. The highest BCUT2D eigenvalue weighted by molar-refractivity contribution is 7.25. The van der Waals surface area contributed by atoms with Crippen LogP contribution in [0.4, 0.5) is 0 Å². The van der Waals surface area contributed by atoms with Gasteiger partial charge in [0.25, 0.3) is 0 Å². The molecule has 4 aromatic rings. The van der Waals surface area contributed by atoms with E-state index in [1.807, 2.05) is 30.3 Å². The number of hydrogen-bond donors (Lipinski definition) is 0. The Morgan fingerprint density at radius 3 is 2.33 bits per heavy atom. The number of thiophene rings is 2. The van der Waals surface area contributed by atoms with Gasteiger partial charge in [0.15, 0.2) is 0 Å². The van der Waals surface area contributed by atoms with E-state index in [0.717, 1.165) is 29.4 Å². The molecule has 0 aliphatic heterocycles. The van der Waals surface area contributed by atoms with Crippen molar-refractivity contribution in [3.8, 4) is 5.75 Å². The molecule has 0 spiro atoms. The van der Waals surface area contributed by atoms with Crippen molar-refractivity contribution in [3.05, 3.63) is 64.4 Å². The van der Waals surface area contributed by atoms with Crippen LogP contribution in [0.1, 0.15) is 48.5 Å².